The third-order valence-corrected chi connectivity index (χ3v) is 7.47. The molecule has 0 aliphatic carbocycles. The molecule has 10 nitrogen and oxygen atoms in total. The van der Waals surface area contributed by atoms with Crippen molar-refractivity contribution in [3.05, 3.63) is 34.2 Å². The Hall–Kier alpha value is -1.63. The zero-order valence-electron chi connectivity index (χ0n) is 17.8. The van der Waals surface area contributed by atoms with E-state index in [2.05, 4.69) is 15.0 Å². The van der Waals surface area contributed by atoms with Crippen LogP contribution in [0.5, 0.6) is 0 Å². The molecule has 32 heavy (non-hydrogen) atoms. The van der Waals surface area contributed by atoms with E-state index < -0.39 is 24.0 Å². The van der Waals surface area contributed by atoms with Crippen LogP contribution >= 0.6 is 11.8 Å². The van der Waals surface area contributed by atoms with Gasteiger partial charge >= 0.3 is 35.5 Å². The molecule has 2 fully saturated rings. The summed E-state index contributed by atoms with van der Waals surface area (Å²) in [7, 11) is 0. The van der Waals surface area contributed by atoms with Crippen molar-refractivity contribution in [1.82, 2.24) is 15.4 Å². The molecule has 1 aromatic heterocycles. The Balaban J connectivity index is 0.00000289. The van der Waals surface area contributed by atoms with E-state index in [0.717, 1.165) is 0 Å². The van der Waals surface area contributed by atoms with Crippen LogP contribution in [0.4, 0.5) is 0 Å². The summed E-state index contributed by atoms with van der Waals surface area (Å²) in [6.45, 7) is 4.10. The fourth-order valence-corrected chi connectivity index (χ4v) is 6.00. The number of hydrogen-bond donors (Lipinski definition) is 3. The SMILES string of the molecule is C[C@@H](O)[C@H]1C(=O)N2C(C(=O)O)=C(S[C@@H]3CN[C@H](/C=C/c4cc(C(=O)[O-])on4)C3)[C@H](C)[C@H]12.[Na+]. The number of carboxylic acid groups (broad SMARTS) is 2. The molecule has 0 aromatic carbocycles. The number of carboxylic acids is 2. The number of hydrogen-bond acceptors (Lipinski definition) is 9. The second-order valence-corrected chi connectivity index (χ2v) is 9.37. The summed E-state index contributed by atoms with van der Waals surface area (Å²) in [4.78, 5) is 37.1. The Labute approximate surface area is 210 Å². The summed E-state index contributed by atoms with van der Waals surface area (Å²) in [5.74, 6) is -3.99. The Morgan fingerprint density at radius 2 is 2.19 bits per heavy atom. The van der Waals surface area contributed by atoms with Crippen molar-refractivity contribution in [3.8, 4) is 0 Å². The van der Waals surface area contributed by atoms with Gasteiger partial charge in [0.2, 0.25) is 5.91 Å². The first kappa shape index (κ1) is 25.0. The second-order valence-electron chi connectivity index (χ2n) is 8.02. The quantitative estimate of drug-likeness (QED) is 0.272. The van der Waals surface area contributed by atoms with Crippen molar-refractivity contribution < 1.29 is 63.8 Å². The van der Waals surface area contributed by atoms with E-state index in [-0.39, 0.29) is 70.2 Å². The molecule has 12 heteroatoms. The number of carbonyl (C=O) groups excluding carboxylic acids is 2. The molecule has 0 spiro atoms. The van der Waals surface area contributed by atoms with Crippen LogP contribution in [0.25, 0.3) is 6.08 Å². The van der Waals surface area contributed by atoms with Crippen LogP contribution in [-0.4, -0.2) is 68.1 Å². The summed E-state index contributed by atoms with van der Waals surface area (Å²) >= 11 is 1.46. The first-order valence-electron chi connectivity index (χ1n) is 9.94. The smallest absolute Gasteiger partial charge is 0.541 e. The topological polar surface area (TPSA) is 156 Å². The van der Waals surface area contributed by atoms with Crippen LogP contribution in [0, 0.1) is 11.8 Å². The Morgan fingerprint density at radius 3 is 2.78 bits per heavy atom. The van der Waals surface area contributed by atoms with E-state index in [1.54, 1.807) is 13.0 Å². The average Bonchev–Trinajstić information content (AvgIpc) is 3.39. The van der Waals surface area contributed by atoms with Crippen molar-refractivity contribution in [1.29, 1.82) is 0 Å². The minimum Gasteiger partial charge on any atom is -0.541 e. The predicted octanol–water partition coefficient (Wildman–Crippen LogP) is -3.33. The average molecular weight is 471 g/mol. The maximum Gasteiger partial charge on any atom is 1.00 e. The van der Waals surface area contributed by atoms with Gasteiger partial charge in [0.25, 0.3) is 0 Å². The van der Waals surface area contributed by atoms with E-state index in [4.69, 9.17) is 0 Å². The van der Waals surface area contributed by atoms with Crippen molar-refractivity contribution in [2.75, 3.05) is 6.54 Å². The number of nitrogens with one attached hydrogen (secondary N) is 1. The molecule has 0 bridgehead atoms. The second kappa shape index (κ2) is 9.70. The molecule has 2 saturated heterocycles. The Bertz CT molecular complexity index is 992. The summed E-state index contributed by atoms with van der Waals surface area (Å²) in [5, 5.41) is 37.5. The number of aromatic nitrogens is 1. The summed E-state index contributed by atoms with van der Waals surface area (Å²) in [6.07, 6.45) is 3.39. The fourth-order valence-electron chi connectivity index (χ4n) is 4.51. The number of β-lactam (4-membered cyclic amide) rings is 1. The van der Waals surface area contributed by atoms with Gasteiger partial charge in [-0.3, -0.25) is 4.79 Å². The third-order valence-electron chi connectivity index (χ3n) is 5.96. The normalized spacial score (nSPS) is 30.3. The molecule has 3 aliphatic rings. The van der Waals surface area contributed by atoms with E-state index in [1.807, 2.05) is 13.0 Å². The molecule has 0 saturated carbocycles. The van der Waals surface area contributed by atoms with Gasteiger partial charge < -0.3 is 34.9 Å². The molecular weight excluding hydrogens is 449 g/mol. The number of aromatic carboxylic acids is 1. The molecular formula is C20H22N3NaO7S. The fraction of sp³-hybridized carbons (Fsp3) is 0.500. The van der Waals surface area contributed by atoms with Gasteiger partial charge in [0.05, 0.1) is 18.1 Å². The molecule has 166 valence electrons. The Morgan fingerprint density at radius 1 is 1.47 bits per heavy atom. The van der Waals surface area contributed by atoms with Gasteiger partial charge in [-0.2, -0.15) is 0 Å². The van der Waals surface area contributed by atoms with Crippen molar-refractivity contribution in [2.24, 2.45) is 11.8 Å². The van der Waals surface area contributed by atoms with Gasteiger partial charge in [0.15, 0.2) is 5.76 Å². The molecule has 3 N–H and O–H groups in total. The van der Waals surface area contributed by atoms with Gasteiger partial charge in [0.1, 0.15) is 17.4 Å². The zero-order valence-corrected chi connectivity index (χ0v) is 20.7. The van der Waals surface area contributed by atoms with Crippen molar-refractivity contribution in [2.45, 2.75) is 43.7 Å². The van der Waals surface area contributed by atoms with Crippen LogP contribution in [0.15, 0.2) is 27.3 Å². The summed E-state index contributed by atoms with van der Waals surface area (Å²) in [6, 6.07) is 0.947. The summed E-state index contributed by atoms with van der Waals surface area (Å²) < 4.78 is 4.66. The first-order chi connectivity index (χ1) is 14.7. The number of nitrogens with zero attached hydrogens (tertiary/aromatic N) is 2. The minimum absolute atomic E-state index is 0. The molecule has 3 aliphatic heterocycles. The van der Waals surface area contributed by atoms with Gasteiger partial charge in [-0.15, -0.1) is 11.8 Å². The van der Waals surface area contributed by atoms with Crippen LogP contribution in [0.3, 0.4) is 0 Å². The van der Waals surface area contributed by atoms with Gasteiger partial charge in [-0.1, -0.05) is 18.2 Å². The van der Waals surface area contributed by atoms with E-state index >= 15 is 0 Å². The van der Waals surface area contributed by atoms with E-state index in [9.17, 15) is 29.7 Å². The van der Waals surface area contributed by atoms with E-state index in [0.29, 0.717) is 23.6 Å². The molecule has 6 atom stereocenters. The minimum atomic E-state index is -1.43. The molecule has 1 amide bonds. The van der Waals surface area contributed by atoms with Gasteiger partial charge in [-0.05, 0) is 19.4 Å². The van der Waals surface area contributed by atoms with Crippen LogP contribution in [0.2, 0.25) is 0 Å². The Kier molecular flexibility index (Phi) is 7.58. The van der Waals surface area contributed by atoms with Gasteiger partial charge in [-0.25, -0.2) is 4.79 Å². The molecule has 0 radical (unpaired) electrons. The molecule has 0 unspecified atom stereocenters. The number of fused-ring (bicyclic) bond motifs is 1. The number of carbonyl (C=O) groups is 3. The number of aliphatic hydroxyl groups is 1. The maximum atomic E-state index is 12.4. The maximum absolute atomic E-state index is 12.4. The summed E-state index contributed by atoms with van der Waals surface area (Å²) in [5.41, 5.74) is 0.394. The predicted molar refractivity (Wildman–Crippen MR) is 107 cm³/mol. The van der Waals surface area contributed by atoms with Crippen molar-refractivity contribution >= 4 is 35.7 Å². The number of aliphatic carboxylic acids is 1. The number of thioether (sulfide) groups is 1. The molecule has 4 rings (SSSR count). The van der Waals surface area contributed by atoms with Crippen molar-refractivity contribution in [3.63, 3.8) is 0 Å². The molecule has 4 heterocycles. The van der Waals surface area contributed by atoms with Crippen LogP contribution in [0.1, 0.15) is 36.5 Å². The third kappa shape index (κ3) is 4.42. The first-order valence-corrected chi connectivity index (χ1v) is 10.8. The monoisotopic (exact) mass is 471 g/mol. The largest absolute Gasteiger partial charge is 1.00 e. The van der Waals surface area contributed by atoms with Crippen LogP contribution in [-0.2, 0) is 9.59 Å². The number of amides is 1. The number of rotatable bonds is 7. The standard InChI is InChI=1S/C20H23N3O7S.Na/c1-8-15-14(9(2)24)18(25)23(15)16(20(28)29)17(8)31-12-5-10(21-7-12)3-4-11-6-13(19(26)27)30-22-11;/h3-4,6,8-10,12,14-15,21,24H,5,7H2,1-2H3,(H,26,27)(H,28,29);/q;+1/p-1/b4-3+;/t8-,9-,10-,12+,14-,15-;/m1./s1. The number of aliphatic hydroxyl groups excluding tert-OH is 1. The van der Waals surface area contributed by atoms with Crippen LogP contribution < -0.4 is 40.0 Å². The molecule has 1 aromatic rings. The zero-order chi connectivity index (χ0) is 22.4. The van der Waals surface area contributed by atoms with E-state index in [1.165, 1.54) is 22.7 Å². The van der Waals surface area contributed by atoms with Gasteiger partial charge in [0, 0.05) is 34.7 Å².